The molecule has 1 aromatic carbocycles. The summed E-state index contributed by atoms with van der Waals surface area (Å²) in [5, 5.41) is 11.8. The van der Waals surface area contributed by atoms with Crippen LogP contribution in [0.2, 0.25) is 0 Å². The molecule has 1 aromatic heterocycles. The van der Waals surface area contributed by atoms with E-state index in [0.717, 1.165) is 49.3 Å². The number of anilines is 1. The lowest BCUT2D eigenvalue weighted by molar-refractivity contribution is 0.264. The van der Waals surface area contributed by atoms with Gasteiger partial charge in [-0.2, -0.15) is 0 Å². The van der Waals surface area contributed by atoms with Crippen molar-refractivity contribution in [1.29, 1.82) is 0 Å². The van der Waals surface area contributed by atoms with Crippen LogP contribution in [0.5, 0.6) is 5.75 Å². The number of aromatic hydroxyl groups is 1. The molecule has 3 rings (SSSR count). The zero-order valence-corrected chi connectivity index (χ0v) is 11.5. The van der Waals surface area contributed by atoms with Crippen LogP contribution in [0.25, 0.3) is 10.8 Å². The van der Waals surface area contributed by atoms with Crippen molar-refractivity contribution in [3.63, 3.8) is 0 Å². The maximum Gasteiger partial charge on any atom is 0.136 e. The minimum Gasteiger partial charge on any atom is -0.508 e. The van der Waals surface area contributed by atoms with Gasteiger partial charge in [0.1, 0.15) is 11.6 Å². The third-order valence-corrected chi connectivity index (χ3v) is 3.85. The van der Waals surface area contributed by atoms with E-state index in [9.17, 15) is 5.11 Å². The van der Waals surface area contributed by atoms with Gasteiger partial charge in [-0.1, -0.05) is 6.07 Å². The van der Waals surface area contributed by atoms with Gasteiger partial charge >= 0.3 is 0 Å². The largest absolute Gasteiger partial charge is 0.508 e. The van der Waals surface area contributed by atoms with Gasteiger partial charge in [-0.3, -0.25) is 4.90 Å². The fourth-order valence-electron chi connectivity index (χ4n) is 2.76. The number of aromatic nitrogens is 1. The number of nitrogens with zero attached hydrogens (tertiary/aromatic N) is 3. The zero-order chi connectivity index (χ0) is 13.9. The number of piperazine rings is 1. The van der Waals surface area contributed by atoms with Gasteiger partial charge in [0.2, 0.25) is 0 Å². The number of rotatable bonds is 3. The summed E-state index contributed by atoms with van der Waals surface area (Å²) in [6.07, 6.45) is 1.83. The highest BCUT2D eigenvalue weighted by Crippen LogP contribution is 2.28. The van der Waals surface area contributed by atoms with Crippen molar-refractivity contribution in [3.05, 3.63) is 30.5 Å². The molecule has 0 bridgehead atoms. The summed E-state index contributed by atoms with van der Waals surface area (Å²) in [5.74, 6) is 1.25. The Kier molecular flexibility index (Phi) is 3.71. The van der Waals surface area contributed by atoms with Crippen LogP contribution >= 0.6 is 0 Å². The Hall–Kier alpha value is -1.85. The molecule has 2 heterocycles. The Morgan fingerprint density at radius 2 is 1.95 bits per heavy atom. The van der Waals surface area contributed by atoms with Gasteiger partial charge in [0.05, 0.1) is 0 Å². The standard InChI is InChI=1S/C15H20N4O/c16-4-6-18-7-9-19(10-8-18)15-14-11-13(20)2-1-12(14)3-5-17-15/h1-3,5,11,20H,4,6-10,16H2. The predicted octanol–water partition coefficient (Wildman–Crippen LogP) is 1.02. The minimum absolute atomic E-state index is 0.286. The highest BCUT2D eigenvalue weighted by Gasteiger charge is 2.19. The first-order valence-corrected chi connectivity index (χ1v) is 7.03. The number of phenolic OH excluding ortho intramolecular Hbond substituents is 1. The summed E-state index contributed by atoms with van der Waals surface area (Å²) in [6.45, 7) is 5.57. The monoisotopic (exact) mass is 272 g/mol. The highest BCUT2D eigenvalue weighted by atomic mass is 16.3. The van der Waals surface area contributed by atoms with Gasteiger partial charge in [-0.05, 0) is 23.6 Å². The third-order valence-electron chi connectivity index (χ3n) is 3.85. The van der Waals surface area contributed by atoms with E-state index in [1.807, 2.05) is 18.3 Å². The second kappa shape index (κ2) is 5.64. The van der Waals surface area contributed by atoms with Gasteiger partial charge in [-0.25, -0.2) is 4.98 Å². The molecule has 0 unspecified atom stereocenters. The number of pyridine rings is 1. The van der Waals surface area contributed by atoms with Crippen molar-refractivity contribution in [2.24, 2.45) is 5.73 Å². The van der Waals surface area contributed by atoms with E-state index in [4.69, 9.17) is 5.73 Å². The molecule has 0 amide bonds. The van der Waals surface area contributed by atoms with Crippen LogP contribution in [0.1, 0.15) is 0 Å². The average molecular weight is 272 g/mol. The molecule has 0 spiro atoms. The van der Waals surface area contributed by atoms with Crippen molar-refractivity contribution in [2.75, 3.05) is 44.2 Å². The zero-order valence-electron chi connectivity index (χ0n) is 11.5. The number of fused-ring (bicyclic) bond motifs is 1. The highest BCUT2D eigenvalue weighted by molar-refractivity contribution is 5.93. The SMILES string of the molecule is NCCN1CCN(c2nccc3ccc(O)cc23)CC1. The first kappa shape index (κ1) is 13.1. The molecule has 0 radical (unpaired) electrons. The third kappa shape index (κ3) is 2.55. The Labute approximate surface area is 118 Å². The molecule has 1 aliphatic rings. The smallest absolute Gasteiger partial charge is 0.136 e. The molecule has 1 aliphatic heterocycles. The van der Waals surface area contributed by atoms with Crippen molar-refractivity contribution in [3.8, 4) is 5.75 Å². The summed E-state index contributed by atoms with van der Waals surface area (Å²) >= 11 is 0. The number of hydrogen-bond donors (Lipinski definition) is 2. The van der Waals surface area contributed by atoms with Crippen LogP contribution in [-0.2, 0) is 0 Å². The Bertz CT molecular complexity index is 593. The van der Waals surface area contributed by atoms with Crippen LogP contribution in [0.3, 0.4) is 0 Å². The average Bonchev–Trinajstić information content (AvgIpc) is 2.48. The molecule has 106 valence electrons. The van der Waals surface area contributed by atoms with E-state index >= 15 is 0 Å². The first-order chi connectivity index (χ1) is 9.78. The molecule has 0 atom stereocenters. The molecule has 0 saturated carbocycles. The summed E-state index contributed by atoms with van der Waals surface area (Å²) < 4.78 is 0. The molecular weight excluding hydrogens is 252 g/mol. The summed E-state index contributed by atoms with van der Waals surface area (Å²) in [4.78, 5) is 9.17. The molecule has 5 nitrogen and oxygen atoms in total. The van der Waals surface area contributed by atoms with Crippen LogP contribution in [0, 0.1) is 0 Å². The lowest BCUT2D eigenvalue weighted by Crippen LogP contribution is -2.48. The van der Waals surface area contributed by atoms with Gasteiger partial charge in [0, 0.05) is 50.9 Å². The van der Waals surface area contributed by atoms with E-state index < -0.39 is 0 Å². The topological polar surface area (TPSA) is 65.6 Å². The summed E-state index contributed by atoms with van der Waals surface area (Å²) in [6, 6.07) is 7.42. The molecule has 1 fully saturated rings. The number of phenols is 1. The lowest BCUT2D eigenvalue weighted by atomic mass is 10.1. The summed E-state index contributed by atoms with van der Waals surface area (Å²) in [5.41, 5.74) is 5.60. The molecule has 5 heteroatoms. The Balaban J connectivity index is 1.86. The molecule has 0 aliphatic carbocycles. The minimum atomic E-state index is 0.286. The van der Waals surface area contributed by atoms with Gasteiger partial charge in [0.15, 0.2) is 0 Å². The van der Waals surface area contributed by atoms with E-state index in [1.54, 1.807) is 12.1 Å². The van der Waals surface area contributed by atoms with Crippen molar-refractivity contribution >= 4 is 16.6 Å². The number of nitrogens with two attached hydrogens (primary N) is 1. The van der Waals surface area contributed by atoms with Crippen LogP contribution < -0.4 is 10.6 Å². The number of hydrogen-bond acceptors (Lipinski definition) is 5. The van der Waals surface area contributed by atoms with E-state index in [2.05, 4.69) is 14.8 Å². The van der Waals surface area contributed by atoms with Gasteiger partial charge < -0.3 is 15.7 Å². The molecule has 1 saturated heterocycles. The van der Waals surface area contributed by atoms with Crippen LogP contribution in [0.4, 0.5) is 5.82 Å². The second-order valence-electron chi connectivity index (χ2n) is 5.16. The molecular formula is C15H20N4O. The van der Waals surface area contributed by atoms with E-state index in [-0.39, 0.29) is 5.75 Å². The van der Waals surface area contributed by atoms with Crippen molar-refractivity contribution in [1.82, 2.24) is 9.88 Å². The Morgan fingerprint density at radius 1 is 1.15 bits per heavy atom. The van der Waals surface area contributed by atoms with Crippen LogP contribution in [0.15, 0.2) is 30.5 Å². The maximum absolute atomic E-state index is 9.70. The maximum atomic E-state index is 9.70. The normalized spacial score (nSPS) is 16.8. The molecule has 3 N–H and O–H groups in total. The Morgan fingerprint density at radius 3 is 2.70 bits per heavy atom. The van der Waals surface area contributed by atoms with Crippen molar-refractivity contribution in [2.45, 2.75) is 0 Å². The second-order valence-corrected chi connectivity index (χ2v) is 5.16. The fraction of sp³-hybridized carbons (Fsp3) is 0.400. The fourth-order valence-corrected chi connectivity index (χ4v) is 2.76. The quantitative estimate of drug-likeness (QED) is 0.873. The molecule has 2 aromatic rings. The van der Waals surface area contributed by atoms with Crippen molar-refractivity contribution < 1.29 is 5.11 Å². The van der Waals surface area contributed by atoms with Crippen LogP contribution in [-0.4, -0.2) is 54.3 Å². The van der Waals surface area contributed by atoms with E-state index in [0.29, 0.717) is 6.54 Å². The van der Waals surface area contributed by atoms with E-state index in [1.165, 1.54) is 0 Å². The number of benzene rings is 1. The molecule has 20 heavy (non-hydrogen) atoms. The summed E-state index contributed by atoms with van der Waals surface area (Å²) in [7, 11) is 0. The predicted molar refractivity (Wildman–Crippen MR) is 81.1 cm³/mol. The van der Waals surface area contributed by atoms with Gasteiger partial charge in [-0.15, -0.1) is 0 Å². The van der Waals surface area contributed by atoms with Gasteiger partial charge in [0.25, 0.3) is 0 Å². The lowest BCUT2D eigenvalue weighted by Gasteiger charge is -2.35. The first-order valence-electron chi connectivity index (χ1n) is 7.03.